The Morgan fingerprint density at radius 3 is 2.63 bits per heavy atom. The average molecular weight is 470 g/mol. The normalized spacial score (nSPS) is 14.0. The van der Waals surface area contributed by atoms with E-state index < -0.39 is 0 Å². The fraction of sp³-hybridized carbons (Fsp3) is 0.333. The van der Waals surface area contributed by atoms with Crippen LogP contribution in [0.2, 0.25) is 10.0 Å². The fourth-order valence-corrected chi connectivity index (χ4v) is 3.41. The Morgan fingerprint density at radius 2 is 1.89 bits per heavy atom. The monoisotopic (exact) mass is 468 g/mol. The molecule has 6 heteroatoms. The highest BCUT2D eigenvalue weighted by molar-refractivity contribution is 8.93. The first-order valence-corrected chi connectivity index (χ1v) is 9.66. The number of rotatable bonds is 4. The number of carbonyl (C=O) groups excluding carboxylic acids is 1. The lowest BCUT2D eigenvalue weighted by atomic mass is 10.1. The number of halogens is 3. The number of Topliss-reactive ketones (excluding diaryl/α,β-unsaturated/α-hetero) is 1. The Bertz CT molecular complexity index is 839. The van der Waals surface area contributed by atoms with Crippen molar-refractivity contribution in [1.82, 2.24) is 0 Å². The molecule has 1 aliphatic heterocycles. The van der Waals surface area contributed by atoms with Crippen molar-refractivity contribution in [3.05, 3.63) is 63.6 Å². The molecular weight excluding hydrogens is 447 g/mol. The van der Waals surface area contributed by atoms with Crippen molar-refractivity contribution in [2.45, 2.75) is 32.6 Å². The highest BCUT2D eigenvalue weighted by atomic mass is 79.9. The van der Waals surface area contributed by atoms with E-state index >= 15 is 0 Å². The second-order valence-electron chi connectivity index (χ2n) is 6.59. The summed E-state index contributed by atoms with van der Waals surface area (Å²) < 4.78 is 0. The zero-order valence-electron chi connectivity index (χ0n) is 15.3. The number of amidine groups is 1. The molecule has 0 amide bonds. The van der Waals surface area contributed by atoms with Crippen LogP contribution in [0.3, 0.4) is 0 Å². The van der Waals surface area contributed by atoms with Gasteiger partial charge >= 0.3 is 0 Å². The minimum atomic E-state index is -0.00276. The molecule has 1 aliphatic rings. The number of aliphatic imine (C=N–C) groups is 1. The van der Waals surface area contributed by atoms with Crippen LogP contribution >= 0.6 is 40.2 Å². The van der Waals surface area contributed by atoms with Gasteiger partial charge in [-0.25, -0.2) is 0 Å². The number of aryl methyl sites for hydroxylation is 1. The van der Waals surface area contributed by atoms with E-state index in [1.165, 1.54) is 6.42 Å². The van der Waals surface area contributed by atoms with Crippen LogP contribution in [0.4, 0.5) is 5.69 Å². The Morgan fingerprint density at radius 1 is 1.07 bits per heavy atom. The van der Waals surface area contributed by atoms with Crippen LogP contribution in [0.5, 0.6) is 0 Å². The number of ketones is 1. The lowest BCUT2D eigenvalue weighted by Crippen LogP contribution is -2.36. The van der Waals surface area contributed by atoms with Gasteiger partial charge in [0.25, 0.3) is 0 Å². The number of hydrogen-bond acceptors (Lipinski definition) is 3. The Balaban J connectivity index is 0.00000261. The molecule has 3 nitrogen and oxygen atoms in total. The fourth-order valence-electron chi connectivity index (χ4n) is 3.11. The summed E-state index contributed by atoms with van der Waals surface area (Å²) in [6, 6.07) is 13.2. The molecule has 144 valence electrons. The van der Waals surface area contributed by atoms with Crippen LogP contribution in [-0.2, 0) is 0 Å². The summed E-state index contributed by atoms with van der Waals surface area (Å²) in [6.07, 6.45) is 4.27. The third-order valence-electron chi connectivity index (χ3n) is 4.52. The van der Waals surface area contributed by atoms with Gasteiger partial charge in [-0.1, -0.05) is 41.8 Å². The van der Waals surface area contributed by atoms with Crippen molar-refractivity contribution in [2.75, 3.05) is 18.0 Å². The molecule has 3 rings (SSSR count). The molecule has 1 heterocycles. The molecule has 2 aromatic carbocycles. The van der Waals surface area contributed by atoms with Crippen LogP contribution in [0, 0.1) is 6.92 Å². The van der Waals surface area contributed by atoms with E-state index in [0.29, 0.717) is 15.6 Å². The smallest absolute Gasteiger partial charge is 0.182 e. The van der Waals surface area contributed by atoms with Gasteiger partial charge < -0.3 is 4.90 Å². The Labute approximate surface area is 181 Å². The van der Waals surface area contributed by atoms with E-state index in [0.717, 1.165) is 42.9 Å². The van der Waals surface area contributed by atoms with Gasteiger partial charge in [0.2, 0.25) is 0 Å². The average Bonchev–Trinajstić information content (AvgIpc) is 2.91. The van der Waals surface area contributed by atoms with Crippen LogP contribution in [-0.4, -0.2) is 24.7 Å². The maximum absolute atomic E-state index is 12.9. The summed E-state index contributed by atoms with van der Waals surface area (Å²) in [5, 5.41) is 0.846. The topological polar surface area (TPSA) is 32.7 Å². The van der Waals surface area contributed by atoms with Crippen LogP contribution < -0.4 is 4.90 Å². The maximum atomic E-state index is 12.9. The predicted octanol–water partition coefficient (Wildman–Crippen LogP) is 6.54. The van der Waals surface area contributed by atoms with Crippen LogP contribution in [0.1, 0.15) is 41.6 Å². The third kappa shape index (κ3) is 5.81. The number of anilines is 1. The summed E-state index contributed by atoms with van der Waals surface area (Å²) in [4.78, 5) is 19.7. The van der Waals surface area contributed by atoms with E-state index in [4.69, 9.17) is 28.2 Å². The highest BCUT2D eigenvalue weighted by Crippen LogP contribution is 2.25. The molecule has 27 heavy (non-hydrogen) atoms. The number of carbonyl (C=O) groups is 1. The SMILES string of the molecule is Br.Cc1cccc(N(CC(=O)c2ccc(Cl)c(Cl)c2)C2=NCCCCC2)c1. The van der Waals surface area contributed by atoms with E-state index in [2.05, 4.69) is 19.1 Å². The van der Waals surface area contributed by atoms with Crippen molar-refractivity contribution in [2.24, 2.45) is 4.99 Å². The third-order valence-corrected chi connectivity index (χ3v) is 5.26. The predicted molar refractivity (Wildman–Crippen MR) is 120 cm³/mol. The molecule has 0 saturated heterocycles. The molecule has 0 aliphatic carbocycles. The molecule has 0 radical (unpaired) electrons. The van der Waals surface area contributed by atoms with Crippen LogP contribution in [0.15, 0.2) is 47.5 Å². The largest absolute Gasteiger partial charge is 0.322 e. The lowest BCUT2D eigenvalue weighted by Gasteiger charge is -2.26. The van der Waals surface area contributed by atoms with Gasteiger partial charge in [0.05, 0.1) is 16.6 Å². The van der Waals surface area contributed by atoms with Gasteiger partial charge in [0.1, 0.15) is 5.84 Å². The van der Waals surface area contributed by atoms with E-state index in [1.54, 1.807) is 18.2 Å². The van der Waals surface area contributed by atoms with Crippen molar-refractivity contribution in [3.63, 3.8) is 0 Å². The summed E-state index contributed by atoms with van der Waals surface area (Å²) >= 11 is 12.1. The first-order chi connectivity index (χ1) is 12.5. The van der Waals surface area contributed by atoms with E-state index in [-0.39, 0.29) is 29.3 Å². The molecule has 0 aromatic heterocycles. The standard InChI is InChI=1S/C21H22Cl2N2O.BrH/c1-15-6-5-7-17(12-15)25(21-8-3-2-4-11-24-21)14-20(26)16-9-10-18(22)19(23)13-16;/h5-7,9-10,12-13H,2-4,8,11,14H2,1H3;1H. The molecule has 0 bridgehead atoms. The van der Waals surface area contributed by atoms with Gasteiger partial charge in [-0.15, -0.1) is 17.0 Å². The molecule has 0 saturated carbocycles. The van der Waals surface area contributed by atoms with Gasteiger partial charge in [-0.3, -0.25) is 9.79 Å². The maximum Gasteiger partial charge on any atom is 0.182 e. The van der Waals surface area contributed by atoms with Gasteiger partial charge in [0, 0.05) is 24.2 Å². The molecule has 0 atom stereocenters. The molecule has 0 unspecified atom stereocenters. The Kier molecular flexibility index (Phi) is 8.33. The molecule has 2 aromatic rings. The lowest BCUT2D eigenvalue weighted by molar-refractivity contribution is 0.100. The highest BCUT2D eigenvalue weighted by Gasteiger charge is 2.20. The molecule has 0 spiro atoms. The van der Waals surface area contributed by atoms with Crippen molar-refractivity contribution >= 4 is 57.5 Å². The summed E-state index contributed by atoms with van der Waals surface area (Å²) in [5.74, 6) is 0.985. The van der Waals surface area contributed by atoms with Crippen molar-refractivity contribution < 1.29 is 4.79 Å². The van der Waals surface area contributed by atoms with E-state index in [1.807, 2.05) is 17.0 Å². The molecular formula is C21H23BrCl2N2O. The van der Waals surface area contributed by atoms with Crippen molar-refractivity contribution in [3.8, 4) is 0 Å². The van der Waals surface area contributed by atoms with Gasteiger partial charge in [-0.2, -0.15) is 0 Å². The van der Waals surface area contributed by atoms with Crippen molar-refractivity contribution in [1.29, 1.82) is 0 Å². The quantitative estimate of drug-likeness (QED) is 0.476. The molecule has 0 fully saturated rings. The zero-order chi connectivity index (χ0) is 18.5. The second-order valence-corrected chi connectivity index (χ2v) is 7.40. The second kappa shape index (κ2) is 10.3. The Hall–Kier alpha value is -1.36. The van der Waals surface area contributed by atoms with E-state index in [9.17, 15) is 4.79 Å². The van der Waals surface area contributed by atoms with Gasteiger partial charge in [-0.05, 0) is 55.7 Å². The van der Waals surface area contributed by atoms with Crippen LogP contribution in [0.25, 0.3) is 0 Å². The number of nitrogens with zero attached hydrogens (tertiary/aromatic N) is 2. The minimum absolute atomic E-state index is 0. The first kappa shape index (κ1) is 21.9. The minimum Gasteiger partial charge on any atom is -0.322 e. The summed E-state index contributed by atoms with van der Waals surface area (Å²) in [6.45, 7) is 3.11. The van der Waals surface area contributed by atoms with Gasteiger partial charge in [0.15, 0.2) is 5.78 Å². The first-order valence-electron chi connectivity index (χ1n) is 8.90. The number of hydrogen-bond donors (Lipinski definition) is 0. The number of benzene rings is 2. The zero-order valence-corrected chi connectivity index (χ0v) is 18.5. The summed E-state index contributed by atoms with van der Waals surface area (Å²) in [5.41, 5.74) is 2.72. The summed E-state index contributed by atoms with van der Waals surface area (Å²) in [7, 11) is 0. The molecule has 0 N–H and O–H groups in total.